The highest BCUT2D eigenvalue weighted by molar-refractivity contribution is 5.98. The molecule has 4 aromatic heterocycles. The fourth-order valence-corrected chi connectivity index (χ4v) is 7.15. The lowest BCUT2D eigenvalue weighted by Gasteiger charge is -2.13. The Morgan fingerprint density at radius 2 is 1.05 bits per heavy atom. The van der Waals surface area contributed by atoms with Crippen LogP contribution in [0.25, 0.3) is 33.9 Å². The third-order valence-corrected chi connectivity index (χ3v) is 10.8. The summed E-state index contributed by atoms with van der Waals surface area (Å²) in [5.41, 5.74) is 2.24. The van der Waals surface area contributed by atoms with Gasteiger partial charge in [-0.1, -0.05) is 13.8 Å². The largest absolute Gasteiger partial charge is 0.573 e. The second-order valence-corrected chi connectivity index (χ2v) is 16.1. The van der Waals surface area contributed by atoms with Crippen molar-refractivity contribution < 1.29 is 95.2 Å². The molecule has 31 heteroatoms. The molecule has 2 aliphatic rings. The standard InChI is InChI=1S/C22H16F7N5O3.C16H9F7N4O.C6H9NO3/c1-10-16(9-31-19(10)35)20(36)32-18-6-17(11-2-13(23)5-15(3-11)37-22(27,28)29)34(33-18)14-4-12(7-30-8-14)21(24,25)26;17-10-1-8(2-12(4-10)28-16(21,22)23)13-5-14(24)26-27(13)11-3-9(6-25-7-11)15(18,19)20;1-3-4(6(9)10)2-7-5(3)8/h2-8,10,16H,9H2,1H3,(H,31,35)(H,32,33,36);1-7H,(H2,24,26);3-4H,2H2,1H3,(H,7,8)(H,9,10)/t10-,16+;;3-,4+/m1.1/s1. The zero-order valence-corrected chi connectivity index (χ0v) is 37.8. The molecule has 0 unspecified atom stereocenters. The van der Waals surface area contributed by atoms with E-state index in [1.165, 1.54) is 6.92 Å². The third-order valence-electron chi connectivity index (χ3n) is 10.8. The molecule has 2 fully saturated rings. The predicted octanol–water partition coefficient (Wildman–Crippen LogP) is 8.34. The maximum absolute atomic E-state index is 14.2. The van der Waals surface area contributed by atoms with Crippen LogP contribution in [0.4, 0.5) is 73.1 Å². The number of nitrogens with two attached hydrogens (primary N) is 1. The van der Waals surface area contributed by atoms with Gasteiger partial charge >= 0.3 is 31.0 Å². The van der Waals surface area contributed by atoms with Crippen LogP contribution in [0.3, 0.4) is 0 Å². The molecular weight excluding hydrogens is 1050 g/mol. The molecule has 17 nitrogen and oxygen atoms in total. The van der Waals surface area contributed by atoms with E-state index in [2.05, 4.69) is 45.6 Å². The Kier molecular flexibility index (Phi) is 16.0. The lowest BCUT2D eigenvalue weighted by molar-refractivity contribution is -0.275. The molecule has 6 aromatic rings. The SMILES string of the molecule is C[C@H]1C(=O)NC[C@@H]1C(=O)Nc1cc(-c2cc(F)cc(OC(F)(F)F)c2)n(-c2cncc(C(F)(F)F)c2)n1.C[C@H]1C(=O)NC[C@@H]1C(=O)O.Nc1cc(-c2cc(F)cc(OC(F)(F)F)c2)n(-c2cncc(C(F)(F)F)c2)n1. The first-order valence-corrected chi connectivity index (χ1v) is 21.0. The monoisotopic (exact) mass is 1080 g/mol. The Hall–Kier alpha value is -8.54. The van der Waals surface area contributed by atoms with Crippen molar-refractivity contribution in [2.75, 3.05) is 24.1 Å². The number of carboxylic acid groups (broad SMARTS) is 1. The van der Waals surface area contributed by atoms with Gasteiger partial charge in [-0.25, -0.2) is 18.1 Å². The smallest absolute Gasteiger partial charge is 0.481 e. The van der Waals surface area contributed by atoms with Gasteiger partial charge in [0.1, 0.15) is 29.0 Å². The number of nitrogens with zero attached hydrogens (tertiary/aromatic N) is 6. The summed E-state index contributed by atoms with van der Waals surface area (Å²) in [5.74, 6) is -8.75. The normalized spacial score (nSPS) is 17.7. The van der Waals surface area contributed by atoms with E-state index in [-0.39, 0.29) is 76.3 Å². The fourth-order valence-electron chi connectivity index (χ4n) is 7.15. The van der Waals surface area contributed by atoms with Gasteiger partial charge in [0.15, 0.2) is 5.82 Å². The van der Waals surface area contributed by atoms with Gasteiger partial charge in [0.05, 0.1) is 64.0 Å². The van der Waals surface area contributed by atoms with Crippen LogP contribution in [-0.2, 0) is 31.5 Å². The minimum atomic E-state index is -5.14. The number of benzene rings is 2. The fraction of sp³-hybridized carbons (Fsp3) is 0.273. The number of pyridine rings is 2. The molecule has 8 rings (SSSR count). The Morgan fingerprint density at radius 3 is 1.44 bits per heavy atom. The van der Waals surface area contributed by atoms with E-state index in [0.717, 1.165) is 64.2 Å². The molecule has 3 amide bonds. The summed E-state index contributed by atoms with van der Waals surface area (Å²) >= 11 is 0. The van der Waals surface area contributed by atoms with E-state index in [4.69, 9.17) is 10.8 Å². The number of aliphatic carboxylic acids is 1. The number of carboxylic acids is 1. The molecule has 6 N–H and O–H groups in total. The number of nitrogen functional groups attached to an aromatic ring is 1. The minimum Gasteiger partial charge on any atom is -0.481 e. The number of carbonyl (C=O) groups excluding carboxylic acids is 3. The number of ether oxygens (including phenoxy) is 2. The molecule has 0 spiro atoms. The van der Waals surface area contributed by atoms with Crippen molar-refractivity contribution >= 4 is 35.3 Å². The van der Waals surface area contributed by atoms with Crippen LogP contribution in [0.15, 0.2) is 85.5 Å². The zero-order valence-electron chi connectivity index (χ0n) is 37.8. The molecule has 0 radical (unpaired) electrons. The quantitative estimate of drug-likeness (QED) is 0.0861. The van der Waals surface area contributed by atoms with Crippen molar-refractivity contribution in [3.63, 3.8) is 0 Å². The number of nitrogens with one attached hydrogen (secondary N) is 3. The predicted molar refractivity (Wildman–Crippen MR) is 229 cm³/mol. The van der Waals surface area contributed by atoms with Crippen LogP contribution >= 0.6 is 0 Å². The van der Waals surface area contributed by atoms with Crippen molar-refractivity contribution in [3.8, 4) is 45.4 Å². The molecule has 6 heterocycles. The highest BCUT2D eigenvalue weighted by Gasteiger charge is 2.38. The van der Waals surface area contributed by atoms with Crippen LogP contribution in [0.2, 0.25) is 0 Å². The topological polar surface area (TPSA) is 230 Å². The maximum Gasteiger partial charge on any atom is 0.573 e. The number of hydrogen-bond acceptors (Lipinski definition) is 11. The molecule has 0 bridgehead atoms. The van der Waals surface area contributed by atoms with E-state index < -0.39 is 89.0 Å². The highest BCUT2D eigenvalue weighted by Crippen LogP contribution is 2.37. The molecule has 2 aliphatic heterocycles. The van der Waals surface area contributed by atoms with Gasteiger partial charge in [0.2, 0.25) is 17.7 Å². The van der Waals surface area contributed by atoms with E-state index in [9.17, 15) is 80.6 Å². The Balaban J connectivity index is 0.000000211. The molecule has 75 heavy (non-hydrogen) atoms. The number of aromatic nitrogens is 6. The lowest BCUT2D eigenvalue weighted by Crippen LogP contribution is -2.28. The number of anilines is 2. The summed E-state index contributed by atoms with van der Waals surface area (Å²) in [6, 6.07) is 7.97. The number of carbonyl (C=O) groups is 4. The zero-order chi connectivity index (χ0) is 55.5. The first-order valence-electron chi connectivity index (χ1n) is 21.0. The molecule has 400 valence electrons. The van der Waals surface area contributed by atoms with Crippen molar-refractivity contribution in [3.05, 3.63) is 108 Å². The first kappa shape index (κ1) is 55.8. The average Bonchev–Trinajstić information content (AvgIpc) is 4.07. The Bertz CT molecular complexity index is 3100. The average molecular weight is 1080 g/mol. The molecule has 0 aliphatic carbocycles. The van der Waals surface area contributed by atoms with Gasteiger partial charge in [-0.15, -0.1) is 31.4 Å². The molecule has 0 saturated carbocycles. The van der Waals surface area contributed by atoms with Crippen molar-refractivity contribution in [2.24, 2.45) is 23.7 Å². The van der Waals surface area contributed by atoms with E-state index in [1.807, 2.05) is 0 Å². The van der Waals surface area contributed by atoms with Crippen LogP contribution in [-0.4, -0.2) is 84.1 Å². The summed E-state index contributed by atoms with van der Waals surface area (Å²) in [4.78, 5) is 52.5. The van der Waals surface area contributed by atoms with Crippen LogP contribution in [0.5, 0.6) is 11.5 Å². The van der Waals surface area contributed by atoms with E-state index in [0.29, 0.717) is 30.6 Å². The van der Waals surface area contributed by atoms with Crippen LogP contribution in [0.1, 0.15) is 25.0 Å². The minimum absolute atomic E-state index is 0.0407. The molecule has 2 aromatic carbocycles. The van der Waals surface area contributed by atoms with Gasteiger partial charge in [0.25, 0.3) is 0 Å². The summed E-state index contributed by atoms with van der Waals surface area (Å²) < 4.78 is 191. The highest BCUT2D eigenvalue weighted by atomic mass is 19.4. The summed E-state index contributed by atoms with van der Waals surface area (Å²) in [6.07, 6.45) is -16.5. The second-order valence-electron chi connectivity index (χ2n) is 16.1. The number of hydrogen-bond donors (Lipinski definition) is 5. The number of amides is 3. The van der Waals surface area contributed by atoms with Crippen LogP contribution < -0.4 is 31.2 Å². The van der Waals surface area contributed by atoms with Crippen molar-refractivity contribution in [1.29, 1.82) is 0 Å². The number of alkyl halides is 12. The van der Waals surface area contributed by atoms with E-state index >= 15 is 0 Å². The molecule has 2 saturated heterocycles. The van der Waals surface area contributed by atoms with Gasteiger partial charge in [-0.05, 0) is 36.4 Å². The summed E-state index contributed by atoms with van der Waals surface area (Å²) in [5, 5.41) is 23.8. The van der Waals surface area contributed by atoms with Gasteiger partial charge < -0.3 is 36.3 Å². The summed E-state index contributed by atoms with van der Waals surface area (Å²) in [7, 11) is 0. The van der Waals surface area contributed by atoms with Gasteiger partial charge in [-0.2, -0.15) is 31.4 Å². The first-order chi connectivity index (χ1) is 34.8. The van der Waals surface area contributed by atoms with Crippen LogP contribution in [0, 0.1) is 35.3 Å². The Labute approximate surface area is 410 Å². The molecule has 4 atom stereocenters. The van der Waals surface area contributed by atoms with Gasteiger partial charge in [0, 0.05) is 66.8 Å². The second kappa shape index (κ2) is 21.5. The third kappa shape index (κ3) is 14.4. The van der Waals surface area contributed by atoms with Crippen molar-refractivity contribution in [2.45, 2.75) is 38.9 Å². The van der Waals surface area contributed by atoms with Crippen molar-refractivity contribution in [1.82, 2.24) is 40.2 Å². The maximum atomic E-state index is 14.2. The van der Waals surface area contributed by atoms with Gasteiger partial charge in [-0.3, -0.25) is 29.1 Å². The van der Waals surface area contributed by atoms with E-state index in [1.54, 1.807) is 6.92 Å². The molecular formula is C44H34F14N10O7. The Morgan fingerprint density at radius 1 is 0.627 bits per heavy atom. The summed E-state index contributed by atoms with van der Waals surface area (Å²) in [6.45, 7) is 3.47. The lowest BCUT2D eigenvalue weighted by atomic mass is 9.97. The number of halogens is 14. The number of rotatable bonds is 9.